The van der Waals surface area contributed by atoms with Crippen molar-refractivity contribution in [2.24, 2.45) is 5.10 Å². The summed E-state index contributed by atoms with van der Waals surface area (Å²) in [5.74, 6) is -1.09. The second kappa shape index (κ2) is 9.65. The maximum Gasteiger partial charge on any atom is 0.272 e. The number of aromatic amines is 1. The Morgan fingerprint density at radius 1 is 0.939 bits per heavy atom. The second-order valence-corrected chi connectivity index (χ2v) is 7.17. The molecule has 9 nitrogen and oxygen atoms in total. The van der Waals surface area contributed by atoms with Gasteiger partial charge in [-0.2, -0.15) is 10.2 Å². The first kappa shape index (κ1) is 21.6. The smallest absolute Gasteiger partial charge is 0.272 e. The number of pyridine rings is 1. The number of nitrogens with one attached hydrogen (secondary N) is 3. The van der Waals surface area contributed by atoms with E-state index < -0.39 is 23.4 Å². The van der Waals surface area contributed by atoms with Crippen molar-refractivity contribution in [3.05, 3.63) is 106 Å². The molecule has 2 amide bonds. The minimum atomic E-state index is -1.22. The number of H-pyrrole nitrogens is 1. The summed E-state index contributed by atoms with van der Waals surface area (Å²) in [5.41, 5.74) is 3.93. The third-order valence-electron chi connectivity index (χ3n) is 4.99. The Bertz CT molecular complexity index is 1380. The highest BCUT2D eigenvalue weighted by molar-refractivity contribution is 6.01. The fraction of sp³-hybridized carbons (Fsp3) is 0.0833. The third kappa shape index (κ3) is 4.82. The van der Waals surface area contributed by atoms with E-state index in [1.807, 2.05) is 6.07 Å². The summed E-state index contributed by atoms with van der Waals surface area (Å²) in [4.78, 5) is 42.3. The Balaban J connectivity index is 1.70. The number of rotatable bonds is 6. The summed E-state index contributed by atoms with van der Waals surface area (Å²) in [7, 11) is 0. The van der Waals surface area contributed by atoms with Gasteiger partial charge in [0.05, 0.1) is 11.1 Å². The van der Waals surface area contributed by atoms with Gasteiger partial charge in [-0.15, -0.1) is 0 Å². The molecule has 1 atom stereocenters. The average Bonchev–Trinajstić information content (AvgIpc) is 2.87. The number of hydrazone groups is 1. The van der Waals surface area contributed by atoms with Gasteiger partial charge in [0, 0.05) is 28.9 Å². The lowest BCUT2D eigenvalue weighted by atomic mass is 10.0. The topological polar surface area (TPSA) is 129 Å². The zero-order valence-corrected chi connectivity index (χ0v) is 17.6. The van der Waals surface area contributed by atoms with Gasteiger partial charge >= 0.3 is 0 Å². The molecule has 3 N–H and O–H groups in total. The molecule has 4 aromatic rings. The van der Waals surface area contributed by atoms with Crippen molar-refractivity contribution in [2.45, 2.75) is 13.0 Å². The number of hydrogen-bond acceptors (Lipinski definition) is 6. The van der Waals surface area contributed by atoms with Crippen LogP contribution < -0.4 is 16.3 Å². The van der Waals surface area contributed by atoms with Crippen LogP contribution in [0.3, 0.4) is 0 Å². The van der Waals surface area contributed by atoms with Crippen LogP contribution in [0, 0.1) is 0 Å². The SMILES string of the molecule is CC(=NNC(=O)C(NC(=O)c1ccccc1)c1n[nH]c(=O)c2ccccc12)c1cccnc1. The van der Waals surface area contributed by atoms with E-state index in [4.69, 9.17) is 0 Å². The van der Waals surface area contributed by atoms with Gasteiger partial charge in [-0.3, -0.25) is 19.4 Å². The van der Waals surface area contributed by atoms with Crippen LogP contribution in [-0.4, -0.2) is 32.7 Å². The number of benzene rings is 2. The van der Waals surface area contributed by atoms with Crippen LogP contribution in [0.2, 0.25) is 0 Å². The first-order valence-electron chi connectivity index (χ1n) is 10.1. The molecule has 2 heterocycles. The predicted molar refractivity (Wildman–Crippen MR) is 124 cm³/mol. The molecule has 2 aromatic carbocycles. The van der Waals surface area contributed by atoms with Gasteiger partial charge in [0.1, 0.15) is 5.69 Å². The van der Waals surface area contributed by atoms with Gasteiger partial charge in [0.25, 0.3) is 17.4 Å². The molecule has 0 aliphatic heterocycles. The standard InChI is InChI=1S/C24H20N6O3/c1-15(17-10-7-13-25-14-17)27-30-24(33)21(26-22(31)16-8-3-2-4-9-16)20-18-11-5-6-12-19(18)23(32)29-28-20/h2-14,21H,1H3,(H,26,31)(H,29,32)(H,30,33). The van der Waals surface area contributed by atoms with Gasteiger partial charge in [-0.1, -0.05) is 42.5 Å². The average molecular weight is 440 g/mol. The van der Waals surface area contributed by atoms with Crippen molar-refractivity contribution in [2.75, 3.05) is 0 Å². The third-order valence-corrected chi connectivity index (χ3v) is 4.99. The molecule has 0 bridgehead atoms. The van der Waals surface area contributed by atoms with E-state index in [-0.39, 0.29) is 5.69 Å². The molecule has 4 rings (SSSR count). The minimum absolute atomic E-state index is 0.196. The van der Waals surface area contributed by atoms with Crippen molar-refractivity contribution in [3.63, 3.8) is 0 Å². The van der Waals surface area contributed by atoms with E-state index in [1.165, 1.54) is 0 Å². The van der Waals surface area contributed by atoms with Gasteiger partial charge < -0.3 is 5.32 Å². The fourth-order valence-corrected chi connectivity index (χ4v) is 3.26. The number of carbonyl (C=O) groups excluding carboxylic acids is 2. The van der Waals surface area contributed by atoms with E-state index in [0.717, 1.165) is 5.56 Å². The van der Waals surface area contributed by atoms with E-state index in [2.05, 4.69) is 31.0 Å². The van der Waals surface area contributed by atoms with Crippen molar-refractivity contribution >= 4 is 28.3 Å². The van der Waals surface area contributed by atoms with E-state index in [1.54, 1.807) is 80.0 Å². The number of aromatic nitrogens is 3. The Kier molecular flexibility index (Phi) is 6.31. The lowest BCUT2D eigenvalue weighted by molar-refractivity contribution is -0.123. The molecule has 0 spiro atoms. The Labute approximate surface area is 188 Å². The maximum absolute atomic E-state index is 13.2. The molecule has 0 aliphatic rings. The highest BCUT2D eigenvalue weighted by atomic mass is 16.2. The Morgan fingerprint density at radius 2 is 1.64 bits per heavy atom. The second-order valence-electron chi connectivity index (χ2n) is 7.17. The highest BCUT2D eigenvalue weighted by Crippen LogP contribution is 2.20. The lowest BCUT2D eigenvalue weighted by Crippen LogP contribution is -2.40. The molecule has 1 unspecified atom stereocenters. The van der Waals surface area contributed by atoms with E-state index >= 15 is 0 Å². The summed E-state index contributed by atoms with van der Waals surface area (Å²) in [6.07, 6.45) is 3.26. The molecule has 0 radical (unpaired) electrons. The van der Waals surface area contributed by atoms with Gasteiger partial charge in [-0.25, -0.2) is 10.5 Å². The zero-order chi connectivity index (χ0) is 23.2. The molecule has 2 aromatic heterocycles. The van der Waals surface area contributed by atoms with Crippen LogP contribution in [0.5, 0.6) is 0 Å². The Morgan fingerprint density at radius 3 is 2.36 bits per heavy atom. The number of fused-ring (bicyclic) bond motifs is 1. The lowest BCUT2D eigenvalue weighted by Gasteiger charge is -2.18. The molecule has 0 aliphatic carbocycles. The summed E-state index contributed by atoms with van der Waals surface area (Å²) in [5, 5.41) is 14.1. The Hall–Kier alpha value is -4.66. The molecular weight excluding hydrogens is 420 g/mol. The minimum Gasteiger partial charge on any atom is -0.335 e. The van der Waals surface area contributed by atoms with Crippen molar-refractivity contribution in [3.8, 4) is 0 Å². The number of nitrogens with zero attached hydrogens (tertiary/aromatic N) is 3. The van der Waals surface area contributed by atoms with Crippen LogP contribution in [0.4, 0.5) is 0 Å². The van der Waals surface area contributed by atoms with Crippen LogP contribution in [0.15, 0.2) is 89.0 Å². The molecule has 164 valence electrons. The molecular formula is C24H20N6O3. The summed E-state index contributed by atoms with van der Waals surface area (Å²) >= 11 is 0. The molecule has 0 fully saturated rings. The summed E-state index contributed by atoms with van der Waals surface area (Å²) in [6.45, 7) is 1.72. The number of amides is 2. The van der Waals surface area contributed by atoms with Gasteiger partial charge in [-0.05, 0) is 31.2 Å². The largest absolute Gasteiger partial charge is 0.335 e. The van der Waals surface area contributed by atoms with Gasteiger partial charge in [0.15, 0.2) is 6.04 Å². The van der Waals surface area contributed by atoms with Crippen molar-refractivity contribution in [1.29, 1.82) is 0 Å². The first-order valence-corrected chi connectivity index (χ1v) is 10.1. The summed E-state index contributed by atoms with van der Waals surface area (Å²) in [6, 6.07) is 17.6. The van der Waals surface area contributed by atoms with Crippen LogP contribution in [0.1, 0.15) is 34.6 Å². The quantitative estimate of drug-likeness (QED) is 0.313. The molecule has 33 heavy (non-hydrogen) atoms. The van der Waals surface area contributed by atoms with Crippen molar-refractivity contribution < 1.29 is 9.59 Å². The van der Waals surface area contributed by atoms with Crippen LogP contribution >= 0.6 is 0 Å². The van der Waals surface area contributed by atoms with E-state index in [0.29, 0.717) is 22.0 Å². The number of hydrogen-bond donors (Lipinski definition) is 3. The monoisotopic (exact) mass is 440 g/mol. The predicted octanol–water partition coefficient (Wildman–Crippen LogP) is 2.33. The fourth-order valence-electron chi connectivity index (χ4n) is 3.26. The first-order chi connectivity index (χ1) is 16.0. The van der Waals surface area contributed by atoms with Crippen LogP contribution in [0.25, 0.3) is 10.8 Å². The summed E-state index contributed by atoms with van der Waals surface area (Å²) < 4.78 is 0. The number of carbonyl (C=O) groups is 2. The maximum atomic E-state index is 13.2. The van der Waals surface area contributed by atoms with E-state index in [9.17, 15) is 14.4 Å². The normalized spacial score (nSPS) is 12.2. The molecule has 0 saturated heterocycles. The molecule has 9 heteroatoms. The zero-order valence-electron chi connectivity index (χ0n) is 17.6. The van der Waals surface area contributed by atoms with Crippen molar-refractivity contribution in [1.82, 2.24) is 25.9 Å². The van der Waals surface area contributed by atoms with Crippen LogP contribution in [-0.2, 0) is 4.79 Å². The highest BCUT2D eigenvalue weighted by Gasteiger charge is 2.27. The molecule has 0 saturated carbocycles. The van der Waals surface area contributed by atoms with Gasteiger partial charge in [0.2, 0.25) is 0 Å².